The Labute approximate surface area is 162 Å². The third-order valence-electron chi connectivity index (χ3n) is 3.75. The summed E-state index contributed by atoms with van der Waals surface area (Å²) in [5.41, 5.74) is 0.737. The summed E-state index contributed by atoms with van der Waals surface area (Å²) in [6.07, 6.45) is 0.553. The second-order valence-corrected chi connectivity index (χ2v) is 5.58. The molecule has 0 saturated heterocycles. The number of carboxylic acid groups (broad SMARTS) is 2. The van der Waals surface area contributed by atoms with E-state index in [9.17, 15) is 19.8 Å². The van der Waals surface area contributed by atoms with Gasteiger partial charge in [-0.2, -0.15) is 0 Å². The molecule has 1 rings (SSSR count). The predicted octanol–water partition coefficient (Wildman–Crippen LogP) is 0.134. The molecule has 0 saturated carbocycles. The molecule has 0 unspecified atom stereocenters. The number of carboxylic acids is 2. The number of hydrogen-bond acceptors (Lipinski definition) is 8. The number of hydrogen-bond donors (Lipinski definition) is 4. The van der Waals surface area contributed by atoms with Crippen molar-refractivity contribution in [3.05, 3.63) is 34.4 Å². The van der Waals surface area contributed by atoms with Crippen molar-refractivity contribution in [1.29, 1.82) is 0 Å². The highest BCUT2D eigenvalue weighted by atomic mass is 16.6. The number of aliphatic hydroxyl groups excluding tert-OH is 2. The maximum Gasteiger partial charge on any atom is 0.335 e. The van der Waals surface area contributed by atoms with Crippen LogP contribution in [0.15, 0.2) is 12.1 Å². The average molecular weight is 402 g/mol. The van der Waals surface area contributed by atoms with Gasteiger partial charge in [-0.15, -0.1) is 0 Å². The van der Waals surface area contributed by atoms with Gasteiger partial charge in [0, 0.05) is 0 Å². The molecule has 28 heavy (non-hydrogen) atoms. The summed E-state index contributed by atoms with van der Waals surface area (Å²) in [6.45, 7) is 0.540. The van der Waals surface area contributed by atoms with Crippen LogP contribution in [0.4, 0.5) is 0 Å². The van der Waals surface area contributed by atoms with Crippen molar-refractivity contribution < 1.29 is 49.0 Å². The van der Waals surface area contributed by atoms with Gasteiger partial charge >= 0.3 is 11.9 Å². The topological polar surface area (TPSA) is 152 Å². The van der Waals surface area contributed by atoms with Gasteiger partial charge in [0.25, 0.3) is 0 Å². The lowest BCUT2D eigenvalue weighted by molar-refractivity contribution is -0.0288. The van der Waals surface area contributed by atoms with Crippen LogP contribution in [-0.4, -0.2) is 85.6 Å². The van der Waals surface area contributed by atoms with Gasteiger partial charge in [-0.25, -0.2) is 9.59 Å². The van der Waals surface area contributed by atoms with Crippen molar-refractivity contribution in [1.82, 2.24) is 0 Å². The van der Waals surface area contributed by atoms with Crippen LogP contribution in [-0.2, 0) is 31.8 Å². The van der Waals surface area contributed by atoms with Crippen LogP contribution in [0.3, 0.4) is 0 Å². The van der Waals surface area contributed by atoms with Crippen LogP contribution in [0, 0.1) is 0 Å². The summed E-state index contributed by atoms with van der Waals surface area (Å²) in [5, 5.41) is 35.8. The van der Waals surface area contributed by atoms with E-state index in [4.69, 9.17) is 29.2 Å². The second kappa shape index (κ2) is 14.0. The zero-order chi connectivity index (χ0) is 20.8. The molecule has 0 aromatic heterocycles. The van der Waals surface area contributed by atoms with E-state index in [2.05, 4.69) is 0 Å². The Morgan fingerprint density at radius 1 is 0.643 bits per heavy atom. The highest BCUT2D eigenvalue weighted by Gasteiger charge is 2.18. The first-order chi connectivity index (χ1) is 13.5. The van der Waals surface area contributed by atoms with E-state index in [0.29, 0.717) is 11.1 Å². The van der Waals surface area contributed by atoms with Gasteiger partial charge in [0.05, 0.1) is 50.8 Å². The van der Waals surface area contributed by atoms with Gasteiger partial charge in [-0.3, -0.25) is 0 Å². The molecule has 4 N–H and O–H groups in total. The molecule has 0 heterocycles. The molecule has 1 aromatic carbocycles. The maximum atomic E-state index is 11.5. The Bertz CT molecular complexity index is 567. The lowest BCUT2D eigenvalue weighted by Crippen LogP contribution is -2.14. The fraction of sp³-hybridized carbons (Fsp3) is 0.556. The first-order valence-corrected chi connectivity index (χ1v) is 8.66. The van der Waals surface area contributed by atoms with Crippen molar-refractivity contribution in [2.45, 2.75) is 12.8 Å². The SMILES string of the molecule is O=C(O)c1cc(C(=O)O)c(CCOCCOCO)cc1CCOCCOCO. The van der Waals surface area contributed by atoms with Crippen LogP contribution in [0.1, 0.15) is 31.8 Å². The molecular weight excluding hydrogens is 376 g/mol. The smallest absolute Gasteiger partial charge is 0.335 e. The second-order valence-electron chi connectivity index (χ2n) is 5.58. The molecule has 0 spiro atoms. The lowest BCUT2D eigenvalue weighted by atomic mass is 9.95. The molecule has 10 heteroatoms. The lowest BCUT2D eigenvalue weighted by Gasteiger charge is -2.13. The molecule has 0 fully saturated rings. The molecule has 0 aliphatic carbocycles. The van der Waals surface area contributed by atoms with Crippen LogP contribution < -0.4 is 0 Å². The van der Waals surface area contributed by atoms with E-state index >= 15 is 0 Å². The van der Waals surface area contributed by atoms with Crippen LogP contribution in [0.2, 0.25) is 0 Å². The minimum atomic E-state index is -1.22. The normalized spacial score (nSPS) is 10.9. The van der Waals surface area contributed by atoms with Crippen molar-refractivity contribution >= 4 is 11.9 Å². The molecule has 0 aliphatic rings. The summed E-state index contributed by atoms with van der Waals surface area (Å²) in [7, 11) is 0. The maximum absolute atomic E-state index is 11.5. The molecule has 158 valence electrons. The predicted molar refractivity (Wildman–Crippen MR) is 95.5 cm³/mol. The Morgan fingerprint density at radius 3 is 1.39 bits per heavy atom. The number of ether oxygens (including phenoxy) is 4. The minimum Gasteiger partial charge on any atom is -0.478 e. The van der Waals surface area contributed by atoms with Gasteiger partial charge < -0.3 is 39.4 Å². The van der Waals surface area contributed by atoms with Gasteiger partial charge in [-0.05, 0) is 30.0 Å². The van der Waals surface area contributed by atoms with Gasteiger partial charge in [-0.1, -0.05) is 6.07 Å². The summed E-state index contributed by atoms with van der Waals surface area (Å²) in [6, 6.07) is 2.70. The standard InChI is InChI=1S/C18H26O10/c19-11-27-7-5-25-3-1-13-9-14(2-4-26-6-8-28-12-20)16(18(23)24)10-15(13)17(21)22/h9-10,19-20H,1-8,11-12H2,(H,21,22)(H,23,24). The zero-order valence-electron chi connectivity index (χ0n) is 15.5. The Hall–Kier alpha value is -2.08. The number of benzene rings is 1. The number of aliphatic hydroxyl groups is 2. The Kier molecular flexibility index (Phi) is 12.0. The van der Waals surface area contributed by atoms with E-state index in [1.54, 1.807) is 6.07 Å². The number of carbonyl (C=O) groups is 2. The summed E-state index contributed by atoms with van der Waals surface area (Å²) >= 11 is 0. The van der Waals surface area contributed by atoms with E-state index in [0.717, 1.165) is 6.07 Å². The molecule has 0 amide bonds. The molecule has 1 aromatic rings. The van der Waals surface area contributed by atoms with Crippen LogP contribution in [0.25, 0.3) is 0 Å². The molecule has 0 radical (unpaired) electrons. The summed E-state index contributed by atoms with van der Waals surface area (Å²) < 4.78 is 20.1. The van der Waals surface area contributed by atoms with E-state index in [1.807, 2.05) is 0 Å². The molecule has 10 nitrogen and oxygen atoms in total. The van der Waals surface area contributed by atoms with Gasteiger partial charge in [0.2, 0.25) is 0 Å². The minimum absolute atomic E-state index is 0.0892. The summed E-state index contributed by atoms with van der Waals surface area (Å²) in [4.78, 5) is 23.0. The number of rotatable bonds is 16. The fourth-order valence-corrected chi connectivity index (χ4v) is 2.44. The first-order valence-electron chi connectivity index (χ1n) is 8.66. The van der Waals surface area contributed by atoms with Crippen LogP contribution in [0.5, 0.6) is 0 Å². The van der Waals surface area contributed by atoms with Crippen molar-refractivity contribution in [2.24, 2.45) is 0 Å². The highest BCUT2D eigenvalue weighted by molar-refractivity contribution is 5.96. The first kappa shape index (κ1) is 24.0. The third-order valence-corrected chi connectivity index (χ3v) is 3.75. The summed E-state index contributed by atoms with van der Waals surface area (Å²) in [5.74, 6) is -2.44. The third kappa shape index (κ3) is 8.74. The monoisotopic (exact) mass is 402 g/mol. The zero-order valence-corrected chi connectivity index (χ0v) is 15.5. The number of aromatic carboxylic acids is 2. The van der Waals surface area contributed by atoms with E-state index < -0.39 is 25.5 Å². The van der Waals surface area contributed by atoms with Crippen molar-refractivity contribution in [3.63, 3.8) is 0 Å². The molecular formula is C18H26O10. The largest absolute Gasteiger partial charge is 0.478 e. The van der Waals surface area contributed by atoms with Crippen molar-refractivity contribution in [3.8, 4) is 0 Å². The average Bonchev–Trinajstić information content (AvgIpc) is 2.66. The van der Waals surface area contributed by atoms with Crippen molar-refractivity contribution in [2.75, 3.05) is 53.2 Å². The van der Waals surface area contributed by atoms with E-state index in [-0.39, 0.29) is 63.6 Å². The van der Waals surface area contributed by atoms with Crippen LogP contribution >= 0.6 is 0 Å². The van der Waals surface area contributed by atoms with Gasteiger partial charge in [0.1, 0.15) is 13.6 Å². The Balaban J connectivity index is 2.79. The Morgan fingerprint density at radius 2 is 1.04 bits per heavy atom. The van der Waals surface area contributed by atoms with Gasteiger partial charge in [0.15, 0.2) is 0 Å². The quantitative estimate of drug-likeness (QED) is 0.222. The van der Waals surface area contributed by atoms with E-state index in [1.165, 1.54) is 0 Å². The molecule has 0 aliphatic heterocycles. The fourth-order valence-electron chi connectivity index (χ4n) is 2.44. The molecule has 0 bridgehead atoms. The molecule has 0 atom stereocenters. The highest BCUT2D eigenvalue weighted by Crippen LogP contribution is 2.20.